The maximum atomic E-state index is 15.5. The number of piperazine rings is 1. The number of benzene rings is 1. The second-order valence-corrected chi connectivity index (χ2v) is 9.91. The molecule has 2 N–H and O–H groups in total. The summed E-state index contributed by atoms with van der Waals surface area (Å²) in [6, 6.07) is 5.70. The van der Waals surface area contributed by atoms with Crippen LogP contribution < -0.4 is 15.5 Å². The monoisotopic (exact) mass is 560 g/mol. The quantitative estimate of drug-likeness (QED) is 0.535. The first-order chi connectivity index (χ1) is 18.7. The van der Waals surface area contributed by atoms with E-state index < -0.39 is 35.3 Å². The molecule has 3 amide bonds. The highest BCUT2D eigenvalue weighted by atomic mass is 19.4. The Balaban J connectivity index is 1.75. The Kier molecular flexibility index (Phi) is 8.05. The van der Waals surface area contributed by atoms with Gasteiger partial charge in [-0.3, -0.25) is 19.3 Å². The summed E-state index contributed by atoms with van der Waals surface area (Å²) in [5.74, 6) is -4.79. The Bertz CT molecular complexity index is 1380. The van der Waals surface area contributed by atoms with E-state index in [1.165, 1.54) is 37.4 Å². The number of nitrogens with one attached hydrogen (secondary N) is 2. The summed E-state index contributed by atoms with van der Waals surface area (Å²) in [6.07, 6.45) is -2.65. The van der Waals surface area contributed by atoms with E-state index in [1.54, 1.807) is 0 Å². The first-order valence-electron chi connectivity index (χ1n) is 12.5. The summed E-state index contributed by atoms with van der Waals surface area (Å²) >= 11 is 0. The van der Waals surface area contributed by atoms with Crippen molar-refractivity contribution >= 4 is 41.1 Å². The van der Waals surface area contributed by atoms with Gasteiger partial charge in [0.05, 0.1) is 16.9 Å². The molecule has 2 aliphatic heterocycles. The Hall–Kier alpha value is -4.13. The molecule has 0 saturated carbocycles. The molecule has 3 heterocycles. The zero-order valence-electron chi connectivity index (χ0n) is 22.2. The summed E-state index contributed by atoms with van der Waals surface area (Å²) in [6.45, 7) is 6.24. The molecule has 40 heavy (non-hydrogen) atoms. The predicted molar refractivity (Wildman–Crippen MR) is 143 cm³/mol. The van der Waals surface area contributed by atoms with Crippen molar-refractivity contribution < 1.29 is 31.9 Å². The van der Waals surface area contributed by atoms with Crippen LogP contribution in [0.4, 0.5) is 34.8 Å². The molecule has 1 unspecified atom stereocenters. The van der Waals surface area contributed by atoms with Crippen molar-refractivity contribution in [2.45, 2.75) is 39.0 Å². The van der Waals surface area contributed by atoms with E-state index in [0.717, 1.165) is 0 Å². The number of carbonyl (C=O) groups is 3. The lowest BCUT2D eigenvalue weighted by Gasteiger charge is -2.44. The fourth-order valence-corrected chi connectivity index (χ4v) is 4.72. The second kappa shape index (κ2) is 11.2. The van der Waals surface area contributed by atoms with E-state index >= 15 is 4.39 Å². The molecule has 0 spiro atoms. The van der Waals surface area contributed by atoms with Crippen molar-refractivity contribution in [3.05, 3.63) is 47.9 Å². The number of dihydropyridines is 1. The van der Waals surface area contributed by atoms with Crippen LogP contribution >= 0.6 is 0 Å². The van der Waals surface area contributed by atoms with Gasteiger partial charge < -0.3 is 15.5 Å². The Morgan fingerprint density at radius 1 is 1.07 bits per heavy atom. The molecule has 1 saturated heterocycles. The Labute approximate surface area is 228 Å². The van der Waals surface area contributed by atoms with E-state index in [2.05, 4.69) is 25.5 Å². The van der Waals surface area contributed by atoms with E-state index in [4.69, 9.17) is 0 Å². The summed E-state index contributed by atoms with van der Waals surface area (Å²) in [4.78, 5) is 47.5. The number of amides is 3. The molecule has 0 radical (unpaired) electrons. The average molecular weight is 561 g/mol. The molecule has 2 aromatic rings. The van der Waals surface area contributed by atoms with Gasteiger partial charge in [-0.25, -0.2) is 14.4 Å². The lowest BCUT2D eigenvalue weighted by atomic mass is 9.95. The van der Waals surface area contributed by atoms with Gasteiger partial charge in [0, 0.05) is 61.7 Å². The van der Waals surface area contributed by atoms with Crippen molar-refractivity contribution in [2.24, 2.45) is 10.9 Å². The van der Waals surface area contributed by atoms with Gasteiger partial charge in [0.25, 0.3) is 5.91 Å². The zero-order chi connectivity index (χ0) is 29.4. The van der Waals surface area contributed by atoms with E-state index in [-0.39, 0.29) is 35.1 Å². The number of alkyl halides is 3. The van der Waals surface area contributed by atoms with E-state index in [1.807, 2.05) is 25.8 Å². The van der Waals surface area contributed by atoms with E-state index in [0.29, 0.717) is 36.6 Å². The fraction of sp³-hybridized carbons (Fsp3) is 0.370. The molecule has 3 atom stereocenters. The van der Waals surface area contributed by atoms with Crippen LogP contribution in [0.2, 0.25) is 0 Å². The normalized spacial score (nSPS) is 21.7. The number of hydrogen-bond acceptors (Lipinski definition) is 6. The standard InChI is InChI=1S/C27H28F4N6O3/c1-14-12-37(13-15(2)36(14)4)23-9-21(28)18(17-5-6-24(32-10-17)34-16(3)38)7-22(23)35-26(40)19-11-33-25(39)8-20(19)27(29,30)31/h5-11,14-15,19H,12-13H2,1-4H3,(H,35,40)(H,32,34,38)/t14-,15+,19?. The van der Waals surface area contributed by atoms with Crippen LogP contribution in [-0.2, 0) is 14.4 Å². The van der Waals surface area contributed by atoms with Crippen molar-refractivity contribution in [1.29, 1.82) is 0 Å². The molecule has 0 aliphatic carbocycles. The largest absolute Gasteiger partial charge is 0.414 e. The SMILES string of the molecule is CC(=O)Nc1ccc(-c2cc(NC(=O)C3C=NC(=O)C=C3C(F)(F)F)c(N3C[C@@H](C)N(C)[C@@H](C)C3)cc2F)cn1. The average Bonchev–Trinajstić information content (AvgIpc) is 2.87. The molecular weight excluding hydrogens is 532 g/mol. The molecule has 4 rings (SSSR count). The first-order valence-corrected chi connectivity index (χ1v) is 12.5. The van der Waals surface area contributed by atoms with Gasteiger partial charge in [0.15, 0.2) is 0 Å². The van der Waals surface area contributed by atoms with Crippen LogP contribution in [0, 0.1) is 11.7 Å². The number of nitrogens with zero attached hydrogens (tertiary/aromatic N) is 4. The van der Waals surface area contributed by atoms with Crippen molar-refractivity contribution in [2.75, 3.05) is 35.7 Å². The van der Waals surface area contributed by atoms with Crippen molar-refractivity contribution in [3.8, 4) is 11.1 Å². The fourth-order valence-electron chi connectivity index (χ4n) is 4.72. The minimum absolute atomic E-state index is 0.0372. The van der Waals surface area contributed by atoms with Crippen molar-refractivity contribution in [3.63, 3.8) is 0 Å². The first kappa shape index (κ1) is 28.9. The number of likely N-dealkylation sites (N-methyl/N-ethyl adjacent to an activating group) is 1. The molecule has 9 nitrogen and oxygen atoms in total. The van der Waals surface area contributed by atoms with Crippen LogP contribution in [0.25, 0.3) is 11.1 Å². The molecule has 2 aliphatic rings. The smallest absolute Gasteiger partial charge is 0.367 e. The predicted octanol–water partition coefficient (Wildman–Crippen LogP) is 4.03. The lowest BCUT2D eigenvalue weighted by molar-refractivity contribution is -0.124. The number of hydrogen-bond donors (Lipinski definition) is 2. The Morgan fingerprint density at radius 3 is 2.33 bits per heavy atom. The molecule has 212 valence electrons. The second-order valence-electron chi connectivity index (χ2n) is 9.91. The van der Waals surface area contributed by atoms with Crippen LogP contribution in [-0.4, -0.2) is 72.2 Å². The third-order valence-electron chi connectivity index (χ3n) is 7.00. The number of halogens is 4. The number of anilines is 3. The zero-order valence-corrected chi connectivity index (χ0v) is 22.2. The molecule has 0 bridgehead atoms. The number of aromatic nitrogens is 1. The maximum absolute atomic E-state index is 15.5. The maximum Gasteiger partial charge on any atom is 0.414 e. The minimum Gasteiger partial charge on any atom is -0.367 e. The van der Waals surface area contributed by atoms with Gasteiger partial charge in [0.2, 0.25) is 11.8 Å². The summed E-state index contributed by atoms with van der Waals surface area (Å²) < 4.78 is 56.5. The van der Waals surface area contributed by atoms with Gasteiger partial charge >= 0.3 is 6.18 Å². The van der Waals surface area contributed by atoms with Crippen LogP contribution in [0.3, 0.4) is 0 Å². The molecule has 1 aromatic heterocycles. The number of aliphatic imine (C=N–C) groups is 1. The van der Waals surface area contributed by atoms with Crippen molar-refractivity contribution in [1.82, 2.24) is 9.88 Å². The topological polar surface area (TPSA) is 107 Å². The molecule has 1 aromatic carbocycles. The lowest BCUT2D eigenvalue weighted by Crippen LogP contribution is -2.55. The number of carbonyl (C=O) groups excluding carboxylic acids is 3. The molecular formula is C27H28F4N6O3. The number of pyridine rings is 1. The van der Waals surface area contributed by atoms with E-state index in [9.17, 15) is 27.6 Å². The number of rotatable bonds is 5. The summed E-state index contributed by atoms with van der Waals surface area (Å²) in [5, 5.41) is 5.04. The Morgan fingerprint density at radius 2 is 1.75 bits per heavy atom. The third-order valence-corrected chi connectivity index (χ3v) is 7.00. The van der Waals surface area contributed by atoms with Crippen LogP contribution in [0.5, 0.6) is 0 Å². The minimum atomic E-state index is -4.94. The van der Waals surface area contributed by atoms with Gasteiger partial charge in [-0.1, -0.05) is 0 Å². The highest BCUT2D eigenvalue weighted by molar-refractivity contribution is 6.11. The van der Waals surface area contributed by atoms with Crippen LogP contribution in [0.1, 0.15) is 20.8 Å². The van der Waals surface area contributed by atoms with Gasteiger partial charge in [-0.2, -0.15) is 13.2 Å². The highest BCUT2D eigenvalue weighted by Gasteiger charge is 2.43. The third kappa shape index (κ3) is 6.19. The van der Waals surface area contributed by atoms with Crippen LogP contribution in [0.15, 0.2) is 47.1 Å². The van der Waals surface area contributed by atoms with Gasteiger partial charge in [-0.05, 0) is 45.2 Å². The van der Waals surface area contributed by atoms with Gasteiger partial charge in [-0.15, -0.1) is 0 Å². The molecule has 1 fully saturated rings. The summed E-state index contributed by atoms with van der Waals surface area (Å²) in [5.41, 5.74) is -0.605. The van der Waals surface area contributed by atoms with Gasteiger partial charge in [0.1, 0.15) is 17.6 Å². The highest BCUT2D eigenvalue weighted by Crippen LogP contribution is 2.38. The summed E-state index contributed by atoms with van der Waals surface area (Å²) in [7, 11) is 1.96. The molecule has 13 heteroatoms.